The summed E-state index contributed by atoms with van der Waals surface area (Å²) in [6.45, 7) is 4.07. The highest BCUT2D eigenvalue weighted by Gasteiger charge is 2.21. The molecule has 0 saturated carbocycles. The molecule has 0 saturated heterocycles. The minimum Gasteiger partial charge on any atom is -0.349 e. The zero-order chi connectivity index (χ0) is 14.4. The van der Waals surface area contributed by atoms with Crippen LogP contribution in [-0.2, 0) is 13.0 Å². The lowest BCUT2D eigenvalue weighted by atomic mass is 9.99. The summed E-state index contributed by atoms with van der Waals surface area (Å²) in [5.41, 5.74) is 1.02. The fraction of sp³-hybridized carbons (Fsp3) is 0.500. The van der Waals surface area contributed by atoms with Crippen LogP contribution in [0.5, 0.6) is 0 Å². The Hall–Kier alpha value is -1.89. The Kier molecular flexibility index (Phi) is 2.95. The molecule has 21 heavy (non-hydrogen) atoms. The van der Waals surface area contributed by atoms with E-state index in [4.69, 9.17) is 0 Å². The highest BCUT2D eigenvalue weighted by atomic mass is 32.1. The van der Waals surface area contributed by atoms with Crippen LogP contribution in [0.2, 0.25) is 0 Å². The van der Waals surface area contributed by atoms with Crippen molar-refractivity contribution < 1.29 is 0 Å². The van der Waals surface area contributed by atoms with E-state index in [1.807, 2.05) is 23.8 Å². The summed E-state index contributed by atoms with van der Waals surface area (Å²) in [7, 11) is 2.12. The first-order valence-corrected chi connectivity index (χ1v) is 8.04. The summed E-state index contributed by atoms with van der Waals surface area (Å²) in [6, 6.07) is 0. The molecule has 1 atom stereocenters. The predicted octanol–water partition coefficient (Wildman–Crippen LogP) is 1.99. The molecule has 0 spiro atoms. The van der Waals surface area contributed by atoms with E-state index in [0.717, 1.165) is 35.3 Å². The van der Waals surface area contributed by atoms with Crippen LogP contribution in [0.3, 0.4) is 0 Å². The number of hydrogen-bond acceptors (Lipinski definition) is 5. The van der Waals surface area contributed by atoms with Gasteiger partial charge in [-0.05, 0) is 19.3 Å². The molecule has 7 heteroatoms. The molecule has 1 aliphatic rings. The van der Waals surface area contributed by atoms with Gasteiger partial charge in [0.2, 0.25) is 10.1 Å². The maximum atomic E-state index is 4.61. The third kappa shape index (κ3) is 2.31. The summed E-state index contributed by atoms with van der Waals surface area (Å²) in [4.78, 5) is 12.1. The second-order valence-electron chi connectivity index (χ2n) is 5.78. The van der Waals surface area contributed by atoms with Crippen LogP contribution < -0.4 is 4.90 Å². The van der Waals surface area contributed by atoms with Crippen molar-refractivity contribution in [1.82, 2.24) is 24.1 Å². The molecule has 6 nitrogen and oxygen atoms in total. The number of aryl methyl sites for hydroxylation is 2. The number of imidazole rings is 2. The summed E-state index contributed by atoms with van der Waals surface area (Å²) in [5, 5.41) is 5.65. The number of rotatable bonds is 3. The van der Waals surface area contributed by atoms with Gasteiger partial charge >= 0.3 is 0 Å². The molecule has 4 rings (SSSR count). The van der Waals surface area contributed by atoms with Crippen LogP contribution in [0.15, 0.2) is 18.6 Å². The lowest BCUT2D eigenvalue weighted by Crippen LogP contribution is -2.31. The SMILES string of the molecule is Cc1cn2nc(N(C)C[C@@H]3CCc4nccn4C3)sc2n1. The third-order valence-electron chi connectivity index (χ3n) is 4.04. The molecule has 0 N–H and O–H groups in total. The van der Waals surface area contributed by atoms with Gasteiger partial charge in [-0.1, -0.05) is 11.3 Å². The Bertz CT molecular complexity index is 738. The second kappa shape index (κ2) is 4.84. The van der Waals surface area contributed by atoms with Crippen molar-refractivity contribution in [2.75, 3.05) is 18.5 Å². The number of anilines is 1. The van der Waals surface area contributed by atoms with Gasteiger partial charge in [0.25, 0.3) is 0 Å². The normalized spacial score (nSPS) is 18.1. The minimum absolute atomic E-state index is 0.648. The van der Waals surface area contributed by atoms with Gasteiger partial charge < -0.3 is 9.47 Å². The van der Waals surface area contributed by atoms with Gasteiger partial charge in [-0.15, -0.1) is 5.10 Å². The van der Waals surface area contributed by atoms with Crippen LogP contribution >= 0.6 is 11.3 Å². The quantitative estimate of drug-likeness (QED) is 0.742. The van der Waals surface area contributed by atoms with Crippen LogP contribution in [0.4, 0.5) is 5.13 Å². The highest BCUT2D eigenvalue weighted by molar-refractivity contribution is 7.20. The van der Waals surface area contributed by atoms with Crippen molar-refractivity contribution in [2.24, 2.45) is 5.92 Å². The molecular weight excluding hydrogens is 284 g/mol. The Morgan fingerprint density at radius 1 is 1.48 bits per heavy atom. The van der Waals surface area contributed by atoms with E-state index in [1.54, 1.807) is 11.3 Å². The monoisotopic (exact) mass is 302 g/mol. The van der Waals surface area contributed by atoms with Crippen molar-refractivity contribution in [1.29, 1.82) is 0 Å². The van der Waals surface area contributed by atoms with Crippen LogP contribution in [0.1, 0.15) is 17.9 Å². The Balaban J connectivity index is 1.48. The average molecular weight is 302 g/mol. The summed E-state index contributed by atoms with van der Waals surface area (Å²) < 4.78 is 4.15. The first-order chi connectivity index (χ1) is 10.2. The van der Waals surface area contributed by atoms with Gasteiger partial charge in [-0.25, -0.2) is 14.5 Å². The standard InChI is InChI=1S/C14H18N6S/c1-10-7-20-13(16-10)21-14(17-20)18(2)8-11-3-4-12-15-5-6-19(12)9-11/h5-7,11H,3-4,8-9H2,1-2H3/t11-/m0/s1. The molecule has 0 amide bonds. The number of hydrogen-bond donors (Lipinski definition) is 0. The molecule has 0 unspecified atom stereocenters. The van der Waals surface area contributed by atoms with E-state index in [9.17, 15) is 0 Å². The average Bonchev–Trinajstić information content (AvgIpc) is 3.11. The van der Waals surface area contributed by atoms with E-state index in [2.05, 4.69) is 37.8 Å². The van der Waals surface area contributed by atoms with Crippen molar-refractivity contribution in [3.63, 3.8) is 0 Å². The Morgan fingerprint density at radius 2 is 2.38 bits per heavy atom. The zero-order valence-electron chi connectivity index (χ0n) is 12.2. The lowest BCUT2D eigenvalue weighted by molar-refractivity contribution is 0.369. The van der Waals surface area contributed by atoms with Crippen LogP contribution in [0, 0.1) is 12.8 Å². The van der Waals surface area contributed by atoms with Crippen molar-refractivity contribution in [2.45, 2.75) is 26.3 Å². The van der Waals surface area contributed by atoms with Crippen molar-refractivity contribution in [3.05, 3.63) is 30.1 Å². The minimum atomic E-state index is 0.648. The van der Waals surface area contributed by atoms with E-state index >= 15 is 0 Å². The maximum absolute atomic E-state index is 4.61. The van der Waals surface area contributed by atoms with Gasteiger partial charge in [0.05, 0.1) is 11.9 Å². The van der Waals surface area contributed by atoms with Crippen molar-refractivity contribution in [3.8, 4) is 0 Å². The highest BCUT2D eigenvalue weighted by Crippen LogP contribution is 2.25. The van der Waals surface area contributed by atoms with Crippen molar-refractivity contribution >= 4 is 21.4 Å². The van der Waals surface area contributed by atoms with E-state index in [1.165, 1.54) is 12.2 Å². The first kappa shape index (κ1) is 12.8. The zero-order valence-corrected chi connectivity index (χ0v) is 13.0. The molecule has 0 radical (unpaired) electrons. The van der Waals surface area contributed by atoms with Crippen LogP contribution in [0.25, 0.3) is 4.96 Å². The summed E-state index contributed by atoms with van der Waals surface area (Å²) in [6.07, 6.45) is 8.23. The molecule has 3 aromatic heterocycles. The van der Waals surface area contributed by atoms with Gasteiger partial charge in [0.15, 0.2) is 0 Å². The Morgan fingerprint density at radius 3 is 3.24 bits per heavy atom. The smallest absolute Gasteiger partial charge is 0.214 e. The fourth-order valence-electron chi connectivity index (χ4n) is 3.00. The maximum Gasteiger partial charge on any atom is 0.214 e. The molecule has 110 valence electrons. The molecule has 0 bridgehead atoms. The van der Waals surface area contributed by atoms with Gasteiger partial charge in [-0.2, -0.15) is 0 Å². The largest absolute Gasteiger partial charge is 0.349 e. The van der Waals surface area contributed by atoms with Gasteiger partial charge in [-0.3, -0.25) is 0 Å². The third-order valence-corrected chi connectivity index (χ3v) is 5.08. The summed E-state index contributed by atoms with van der Waals surface area (Å²) in [5.74, 6) is 1.87. The molecule has 4 heterocycles. The Labute approximate surface area is 127 Å². The molecule has 1 aliphatic heterocycles. The predicted molar refractivity (Wildman–Crippen MR) is 82.9 cm³/mol. The molecule has 0 aliphatic carbocycles. The number of aromatic nitrogens is 5. The van der Waals surface area contributed by atoms with Crippen LogP contribution in [-0.4, -0.2) is 37.7 Å². The topological polar surface area (TPSA) is 51.2 Å². The number of nitrogens with zero attached hydrogens (tertiary/aromatic N) is 6. The first-order valence-electron chi connectivity index (χ1n) is 7.23. The summed E-state index contributed by atoms with van der Waals surface area (Å²) >= 11 is 1.65. The second-order valence-corrected chi connectivity index (χ2v) is 6.71. The van der Waals surface area contributed by atoms with E-state index in [-0.39, 0.29) is 0 Å². The van der Waals surface area contributed by atoms with Gasteiger partial charge in [0, 0.05) is 39.0 Å². The molecular formula is C14H18N6S. The molecule has 0 aromatic carbocycles. The fourth-order valence-corrected chi connectivity index (χ4v) is 3.90. The molecule has 0 fully saturated rings. The number of fused-ring (bicyclic) bond motifs is 2. The van der Waals surface area contributed by atoms with Gasteiger partial charge in [0.1, 0.15) is 5.82 Å². The molecule has 3 aromatic rings. The lowest BCUT2D eigenvalue weighted by Gasteiger charge is -2.27. The van der Waals surface area contributed by atoms with E-state index in [0.29, 0.717) is 5.92 Å². The van der Waals surface area contributed by atoms with E-state index < -0.39 is 0 Å².